The Labute approximate surface area is 135 Å². The van der Waals surface area contributed by atoms with Gasteiger partial charge in [0.2, 0.25) is 5.91 Å². The third-order valence-corrected chi connectivity index (χ3v) is 3.74. The van der Waals surface area contributed by atoms with Crippen LogP contribution in [-0.4, -0.2) is 61.8 Å². The van der Waals surface area contributed by atoms with E-state index in [2.05, 4.69) is 5.32 Å². The lowest BCUT2D eigenvalue weighted by atomic mass is 10.0. The van der Waals surface area contributed by atoms with Gasteiger partial charge in [0.25, 0.3) is 0 Å². The van der Waals surface area contributed by atoms with Crippen molar-refractivity contribution in [3.63, 3.8) is 0 Å². The predicted molar refractivity (Wildman–Crippen MR) is 84.6 cm³/mol. The second-order valence-electron chi connectivity index (χ2n) is 5.43. The fraction of sp³-hybridized carbons (Fsp3) is 0.500. The van der Waals surface area contributed by atoms with E-state index in [9.17, 15) is 14.7 Å². The summed E-state index contributed by atoms with van der Waals surface area (Å²) >= 11 is 0. The highest BCUT2D eigenvalue weighted by Gasteiger charge is 2.25. The lowest BCUT2D eigenvalue weighted by molar-refractivity contribution is -0.144. The number of carbonyl (C=O) groups excluding carboxylic acids is 1. The Bertz CT molecular complexity index is 526. The molecule has 23 heavy (non-hydrogen) atoms. The van der Waals surface area contributed by atoms with Crippen molar-refractivity contribution in [3.8, 4) is 5.75 Å². The molecule has 1 aliphatic heterocycles. The molecule has 0 bridgehead atoms. The Morgan fingerprint density at radius 2 is 1.96 bits per heavy atom. The van der Waals surface area contributed by atoms with Crippen molar-refractivity contribution in [1.82, 2.24) is 4.90 Å². The minimum atomic E-state index is -0.957. The van der Waals surface area contributed by atoms with Crippen molar-refractivity contribution < 1.29 is 24.2 Å². The van der Waals surface area contributed by atoms with Gasteiger partial charge in [-0.2, -0.15) is 0 Å². The zero-order chi connectivity index (χ0) is 16.7. The first kappa shape index (κ1) is 17.2. The molecule has 1 fully saturated rings. The van der Waals surface area contributed by atoms with E-state index in [-0.39, 0.29) is 12.3 Å². The van der Waals surface area contributed by atoms with Gasteiger partial charge in [-0.15, -0.1) is 0 Å². The average Bonchev–Trinajstić information content (AvgIpc) is 2.56. The number of anilines is 1. The number of ether oxygens (including phenoxy) is 2. The summed E-state index contributed by atoms with van der Waals surface area (Å²) < 4.78 is 10.3. The van der Waals surface area contributed by atoms with E-state index in [0.29, 0.717) is 44.3 Å². The number of nitrogens with zero attached hydrogens (tertiary/aromatic N) is 1. The van der Waals surface area contributed by atoms with E-state index in [0.717, 1.165) is 0 Å². The highest BCUT2D eigenvalue weighted by atomic mass is 16.5. The molecule has 0 spiro atoms. The Balaban J connectivity index is 1.87. The molecule has 0 aromatic heterocycles. The van der Waals surface area contributed by atoms with E-state index in [1.807, 2.05) is 4.90 Å². The zero-order valence-corrected chi connectivity index (χ0v) is 13.2. The van der Waals surface area contributed by atoms with E-state index in [1.54, 1.807) is 31.4 Å². The number of nitrogens with one attached hydrogen (secondary N) is 1. The molecule has 2 N–H and O–H groups in total. The van der Waals surface area contributed by atoms with Gasteiger partial charge in [-0.3, -0.25) is 14.5 Å². The number of rotatable bonds is 7. The number of benzene rings is 1. The Hall–Kier alpha value is -2.12. The monoisotopic (exact) mass is 322 g/mol. The molecule has 1 amide bonds. The third-order valence-electron chi connectivity index (χ3n) is 3.74. The summed E-state index contributed by atoms with van der Waals surface area (Å²) in [5.41, 5.74) is 0.617. The number of methoxy groups -OCH3 is 1. The second kappa shape index (κ2) is 8.50. The van der Waals surface area contributed by atoms with Gasteiger partial charge < -0.3 is 19.9 Å². The zero-order valence-electron chi connectivity index (χ0n) is 13.2. The average molecular weight is 322 g/mol. The number of aliphatic carboxylic acids is 1. The molecule has 0 aliphatic carbocycles. The third kappa shape index (κ3) is 5.54. The molecule has 1 aromatic carbocycles. The van der Waals surface area contributed by atoms with Crippen LogP contribution in [0.4, 0.5) is 5.69 Å². The van der Waals surface area contributed by atoms with E-state index in [1.165, 1.54) is 0 Å². The number of carboxylic acid groups (broad SMARTS) is 1. The Morgan fingerprint density at radius 1 is 1.30 bits per heavy atom. The van der Waals surface area contributed by atoms with Crippen LogP contribution in [0.3, 0.4) is 0 Å². The Kier molecular flexibility index (Phi) is 6.37. The van der Waals surface area contributed by atoms with Crippen LogP contribution in [0.15, 0.2) is 24.3 Å². The smallest absolute Gasteiger partial charge is 0.308 e. The van der Waals surface area contributed by atoms with Gasteiger partial charge in [0.15, 0.2) is 0 Å². The molecule has 1 aromatic rings. The molecule has 2 rings (SSSR count). The summed E-state index contributed by atoms with van der Waals surface area (Å²) in [6.45, 7) is 2.96. The summed E-state index contributed by atoms with van der Waals surface area (Å²) in [5.74, 6) is -1.30. The van der Waals surface area contributed by atoms with Crippen LogP contribution >= 0.6 is 0 Å². The minimum Gasteiger partial charge on any atom is -0.497 e. The van der Waals surface area contributed by atoms with Crippen molar-refractivity contribution in [2.75, 3.05) is 45.3 Å². The van der Waals surface area contributed by atoms with Gasteiger partial charge in [-0.25, -0.2) is 0 Å². The fourth-order valence-corrected chi connectivity index (χ4v) is 2.44. The topological polar surface area (TPSA) is 88.1 Å². The molecule has 1 saturated heterocycles. The van der Waals surface area contributed by atoms with Gasteiger partial charge in [0.1, 0.15) is 5.75 Å². The number of morpholine rings is 1. The maximum Gasteiger partial charge on any atom is 0.308 e. The van der Waals surface area contributed by atoms with Crippen LogP contribution in [0.2, 0.25) is 0 Å². The summed E-state index contributed by atoms with van der Waals surface area (Å²) in [6.07, 6.45) is -0.0568. The molecule has 1 atom stereocenters. The fourth-order valence-electron chi connectivity index (χ4n) is 2.44. The summed E-state index contributed by atoms with van der Waals surface area (Å²) in [4.78, 5) is 25.5. The second-order valence-corrected chi connectivity index (χ2v) is 5.43. The van der Waals surface area contributed by atoms with Crippen LogP contribution in [0.5, 0.6) is 5.75 Å². The van der Waals surface area contributed by atoms with Crippen LogP contribution in [0.1, 0.15) is 6.42 Å². The van der Waals surface area contributed by atoms with Gasteiger partial charge >= 0.3 is 5.97 Å². The van der Waals surface area contributed by atoms with Gasteiger partial charge in [-0.1, -0.05) is 0 Å². The van der Waals surface area contributed by atoms with E-state index < -0.39 is 11.9 Å². The molecule has 1 unspecified atom stereocenters. The lowest BCUT2D eigenvalue weighted by Crippen LogP contribution is -2.41. The first-order valence-corrected chi connectivity index (χ1v) is 7.55. The molecule has 7 heteroatoms. The Morgan fingerprint density at radius 3 is 2.52 bits per heavy atom. The first-order valence-electron chi connectivity index (χ1n) is 7.55. The van der Waals surface area contributed by atoms with Crippen LogP contribution < -0.4 is 10.1 Å². The summed E-state index contributed by atoms with van der Waals surface area (Å²) in [5, 5.41) is 12.0. The normalized spacial score (nSPS) is 16.6. The van der Waals surface area contributed by atoms with Crippen molar-refractivity contribution in [3.05, 3.63) is 24.3 Å². The molecule has 1 aliphatic rings. The van der Waals surface area contributed by atoms with Crippen molar-refractivity contribution in [2.45, 2.75) is 6.42 Å². The van der Waals surface area contributed by atoms with Crippen molar-refractivity contribution in [1.29, 1.82) is 0 Å². The van der Waals surface area contributed by atoms with E-state index in [4.69, 9.17) is 9.47 Å². The maximum atomic E-state index is 12.1. The molecular weight excluding hydrogens is 300 g/mol. The lowest BCUT2D eigenvalue weighted by Gasteiger charge is -2.28. The maximum absolute atomic E-state index is 12.1. The van der Waals surface area contributed by atoms with Crippen LogP contribution in [0, 0.1) is 5.92 Å². The number of carboxylic acids is 1. The summed E-state index contributed by atoms with van der Waals surface area (Å²) in [6, 6.07) is 6.90. The number of amides is 1. The van der Waals surface area contributed by atoms with Gasteiger partial charge in [0.05, 0.1) is 26.2 Å². The van der Waals surface area contributed by atoms with Crippen molar-refractivity contribution >= 4 is 17.6 Å². The standard InChI is InChI=1S/C16H22N2O5/c1-22-14-4-2-13(3-5-14)17-15(19)10-12(16(20)21)11-18-6-8-23-9-7-18/h2-5,12H,6-11H2,1H3,(H,17,19)(H,20,21). The molecule has 1 heterocycles. The number of carbonyl (C=O) groups is 2. The minimum absolute atomic E-state index is 0.0568. The van der Waals surface area contributed by atoms with Crippen LogP contribution in [0.25, 0.3) is 0 Å². The van der Waals surface area contributed by atoms with Gasteiger partial charge in [0, 0.05) is 31.7 Å². The SMILES string of the molecule is COc1ccc(NC(=O)CC(CN2CCOCC2)C(=O)O)cc1. The highest BCUT2D eigenvalue weighted by molar-refractivity contribution is 5.93. The van der Waals surface area contributed by atoms with Crippen LogP contribution in [-0.2, 0) is 14.3 Å². The first-order chi connectivity index (χ1) is 11.1. The molecule has 126 valence electrons. The molecular formula is C16H22N2O5. The summed E-state index contributed by atoms with van der Waals surface area (Å²) in [7, 11) is 1.57. The molecule has 7 nitrogen and oxygen atoms in total. The number of hydrogen-bond donors (Lipinski definition) is 2. The quantitative estimate of drug-likeness (QED) is 0.780. The van der Waals surface area contributed by atoms with Gasteiger partial charge in [-0.05, 0) is 24.3 Å². The predicted octanol–water partition coefficient (Wildman–Crippen LogP) is 1.06. The largest absolute Gasteiger partial charge is 0.497 e. The highest BCUT2D eigenvalue weighted by Crippen LogP contribution is 2.16. The van der Waals surface area contributed by atoms with E-state index >= 15 is 0 Å². The number of hydrogen-bond acceptors (Lipinski definition) is 5. The van der Waals surface area contributed by atoms with Crippen molar-refractivity contribution in [2.24, 2.45) is 5.92 Å². The molecule has 0 radical (unpaired) electrons. The molecule has 0 saturated carbocycles.